The molecule has 4 N–H and O–H groups in total. The molecule has 9 nitrogen and oxygen atoms in total. The zero-order valence-corrected chi connectivity index (χ0v) is 18.5. The van der Waals surface area contributed by atoms with Gasteiger partial charge in [-0.15, -0.1) is 10.2 Å². The third kappa shape index (κ3) is 4.26. The number of hydrogen-bond donors (Lipinski definition) is 3. The SMILES string of the molecule is C=C1NC(=O)N(c2cc(Cl)c(Oc3cc(-c4cccc(C)c4F)c(=O)[nH]n3)c(Cl)c2)N=C1N. The highest BCUT2D eigenvalue weighted by atomic mass is 35.5. The van der Waals surface area contributed by atoms with E-state index in [4.69, 9.17) is 33.7 Å². The van der Waals surface area contributed by atoms with Crippen molar-refractivity contribution in [2.24, 2.45) is 10.8 Å². The first-order valence-electron chi connectivity index (χ1n) is 9.32. The maximum Gasteiger partial charge on any atom is 0.347 e. The molecule has 0 spiro atoms. The number of amides is 2. The molecule has 1 aliphatic rings. The van der Waals surface area contributed by atoms with E-state index in [1.165, 1.54) is 24.3 Å². The molecule has 3 aromatic rings. The topological polar surface area (TPSA) is 126 Å². The van der Waals surface area contributed by atoms with Crippen LogP contribution in [-0.2, 0) is 0 Å². The monoisotopic (exact) mass is 488 g/mol. The van der Waals surface area contributed by atoms with Crippen LogP contribution in [0.5, 0.6) is 11.6 Å². The summed E-state index contributed by atoms with van der Waals surface area (Å²) in [4.78, 5) is 24.5. The molecule has 1 aliphatic heterocycles. The molecule has 2 aromatic carbocycles. The zero-order chi connectivity index (χ0) is 23.9. The van der Waals surface area contributed by atoms with Crippen LogP contribution in [0, 0.1) is 12.7 Å². The lowest BCUT2D eigenvalue weighted by atomic mass is 10.0. The summed E-state index contributed by atoms with van der Waals surface area (Å²) in [6.45, 7) is 5.16. The third-order valence-corrected chi connectivity index (χ3v) is 5.22. The third-order valence-electron chi connectivity index (χ3n) is 4.66. The number of aromatic nitrogens is 2. The second-order valence-corrected chi connectivity index (χ2v) is 7.75. The number of nitrogens with zero attached hydrogens (tertiary/aromatic N) is 3. The van der Waals surface area contributed by atoms with Crippen molar-refractivity contribution in [3.8, 4) is 22.8 Å². The number of aromatic amines is 1. The Bertz CT molecular complexity index is 1380. The van der Waals surface area contributed by atoms with Crippen LogP contribution in [-0.4, -0.2) is 22.1 Å². The van der Waals surface area contributed by atoms with Gasteiger partial charge in [0.15, 0.2) is 11.6 Å². The van der Waals surface area contributed by atoms with Gasteiger partial charge < -0.3 is 15.8 Å². The molecule has 168 valence electrons. The molecule has 0 radical (unpaired) electrons. The van der Waals surface area contributed by atoms with Gasteiger partial charge in [-0.2, -0.15) is 5.01 Å². The number of anilines is 1. The van der Waals surface area contributed by atoms with Gasteiger partial charge in [-0.3, -0.25) is 4.79 Å². The number of amidine groups is 1. The number of aryl methyl sites for hydroxylation is 1. The van der Waals surface area contributed by atoms with Crippen molar-refractivity contribution in [3.63, 3.8) is 0 Å². The van der Waals surface area contributed by atoms with E-state index in [2.05, 4.69) is 27.2 Å². The molecule has 12 heteroatoms. The molecule has 1 aromatic heterocycles. The van der Waals surface area contributed by atoms with Crippen LogP contribution in [0.1, 0.15) is 5.56 Å². The predicted molar refractivity (Wildman–Crippen MR) is 123 cm³/mol. The number of hydrazone groups is 1. The molecule has 4 rings (SSSR count). The predicted octanol–water partition coefficient (Wildman–Crippen LogP) is 4.30. The minimum Gasteiger partial charge on any atom is -0.434 e. The van der Waals surface area contributed by atoms with Crippen LogP contribution in [0.3, 0.4) is 0 Å². The molecule has 33 heavy (non-hydrogen) atoms. The minimum absolute atomic E-state index is 0.00363. The lowest BCUT2D eigenvalue weighted by Crippen LogP contribution is -2.45. The number of nitrogens with one attached hydrogen (secondary N) is 2. The van der Waals surface area contributed by atoms with Crippen LogP contribution >= 0.6 is 23.2 Å². The van der Waals surface area contributed by atoms with Crippen molar-refractivity contribution < 1.29 is 13.9 Å². The Morgan fingerprint density at radius 1 is 1.15 bits per heavy atom. The zero-order valence-electron chi connectivity index (χ0n) is 16.9. The Labute approximate surface area is 196 Å². The van der Waals surface area contributed by atoms with Crippen LogP contribution in [0.15, 0.2) is 58.6 Å². The van der Waals surface area contributed by atoms with Gasteiger partial charge in [0.1, 0.15) is 5.82 Å². The number of H-pyrrole nitrogens is 1. The Morgan fingerprint density at radius 3 is 2.55 bits per heavy atom. The first-order chi connectivity index (χ1) is 15.7. The smallest absolute Gasteiger partial charge is 0.347 e. The van der Waals surface area contributed by atoms with Crippen molar-refractivity contribution in [2.75, 3.05) is 5.01 Å². The van der Waals surface area contributed by atoms with Gasteiger partial charge in [0.2, 0.25) is 5.88 Å². The number of carbonyl (C=O) groups excluding carboxylic acids is 1. The molecule has 0 atom stereocenters. The first-order valence-corrected chi connectivity index (χ1v) is 10.1. The Hall–Kier alpha value is -3.89. The van der Waals surface area contributed by atoms with Gasteiger partial charge in [0.05, 0.1) is 27.0 Å². The van der Waals surface area contributed by atoms with Gasteiger partial charge in [-0.25, -0.2) is 14.3 Å². The average molecular weight is 489 g/mol. The number of urea groups is 1. The summed E-state index contributed by atoms with van der Waals surface area (Å²) in [7, 11) is 0. The Kier molecular flexibility index (Phi) is 5.79. The first kappa shape index (κ1) is 22.3. The molecular weight excluding hydrogens is 474 g/mol. The minimum atomic E-state index is -0.609. The molecule has 2 heterocycles. The summed E-state index contributed by atoms with van der Waals surface area (Å²) < 4.78 is 20.2. The molecule has 0 unspecified atom stereocenters. The van der Waals surface area contributed by atoms with Crippen molar-refractivity contribution in [2.45, 2.75) is 6.92 Å². The summed E-state index contributed by atoms with van der Waals surface area (Å²) in [6.07, 6.45) is 0. The second kappa shape index (κ2) is 8.57. The second-order valence-electron chi connectivity index (χ2n) is 6.93. The number of rotatable bonds is 4. The molecule has 2 amide bonds. The van der Waals surface area contributed by atoms with Gasteiger partial charge >= 0.3 is 6.03 Å². The fourth-order valence-corrected chi connectivity index (χ4v) is 3.55. The highest BCUT2D eigenvalue weighted by molar-refractivity contribution is 6.37. The largest absolute Gasteiger partial charge is 0.434 e. The van der Waals surface area contributed by atoms with Gasteiger partial charge in [0, 0.05) is 11.6 Å². The van der Waals surface area contributed by atoms with Crippen molar-refractivity contribution in [1.29, 1.82) is 0 Å². The van der Waals surface area contributed by atoms with E-state index in [-0.39, 0.29) is 50.0 Å². The number of halogens is 3. The number of nitrogens with two attached hydrogens (primary N) is 1. The Balaban J connectivity index is 1.69. The number of ether oxygens (including phenoxy) is 1. The van der Waals surface area contributed by atoms with E-state index < -0.39 is 17.4 Å². The van der Waals surface area contributed by atoms with Crippen molar-refractivity contribution in [3.05, 3.63) is 80.5 Å². The lowest BCUT2D eigenvalue weighted by Gasteiger charge is -2.24. The van der Waals surface area contributed by atoms with E-state index >= 15 is 0 Å². The highest BCUT2D eigenvalue weighted by Crippen LogP contribution is 2.40. The molecule has 0 aliphatic carbocycles. The van der Waals surface area contributed by atoms with E-state index in [1.807, 2.05) is 0 Å². The van der Waals surface area contributed by atoms with E-state index in [1.54, 1.807) is 19.1 Å². The normalized spacial score (nSPS) is 13.6. The summed E-state index contributed by atoms with van der Waals surface area (Å²) in [6, 6.07) is 8.09. The number of hydrogen-bond acceptors (Lipinski definition) is 6. The van der Waals surface area contributed by atoms with Crippen LogP contribution in [0.2, 0.25) is 10.0 Å². The molecule has 0 saturated heterocycles. The molecule has 0 bridgehead atoms. The maximum atomic E-state index is 14.5. The van der Waals surface area contributed by atoms with E-state index in [0.717, 1.165) is 5.01 Å². The fraction of sp³-hybridized carbons (Fsp3) is 0.0476. The lowest BCUT2D eigenvalue weighted by molar-refractivity contribution is 0.248. The summed E-state index contributed by atoms with van der Waals surface area (Å²) in [5.41, 5.74) is 5.96. The summed E-state index contributed by atoms with van der Waals surface area (Å²) in [5.74, 6) is -0.620. The van der Waals surface area contributed by atoms with Gasteiger partial charge in [-0.1, -0.05) is 48.0 Å². The van der Waals surface area contributed by atoms with Gasteiger partial charge in [-0.05, 0) is 24.6 Å². The standard InChI is InChI=1S/C21H15Cl2FN6O3/c1-9-4-3-5-12(17(9)24)13-8-16(27-28-20(13)31)33-18-14(22)6-11(7-15(18)23)30-21(32)26-10(2)19(25)29-30/h3-8H,2H2,1H3,(H2,25,29)(H,26,32)(H,28,31). The molecule has 0 saturated carbocycles. The average Bonchev–Trinajstić information content (AvgIpc) is 2.76. The van der Waals surface area contributed by atoms with Crippen molar-refractivity contribution in [1.82, 2.24) is 15.5 Å². The number of carbonyl (C=O) groups is 1. The van der Waals surface area contributed by atoms with Crippen LogP contribution in [0.4, 0.5) is 14.9 Å². The highest BCUT2D eigenvalue weighted by Gasteiger charge is 2.25. The van der Waals surface area contributed by atoms with Crippen LogP contribution in [0.25, 0.3) is 11.1 Å². The molecular formula is C21H15Cl2FN6O3. The maximum absolute atomic E-state index is 14.5. The molecule has 0 fully saturated rings. The van der Waals surface area contributed by atoms with Crippen molar-refractivity contribution >= 4 is 40.8 Å². The summed E-state index contributed by atoms with van der Waals surface area (Å²) in [5, 5.41) is 13.5. The quantitative estimate of drug-likeness (QED) is 0.504. The number of benzene rings is 2. The Morgan fingerprint density at radius 2 is 1.85 bits per heavy atom. The summed E-state index contributed by atoms with van der Waals surface area (Å²) >= 11 is 12.7. The van der Waals surface area contributed by atoms with E-state index in [0.29, 0.717) is 5.56 Å². The fourth-order valence-electron chi connectivity index (χ4n) is 3.00. The van der Waals surface area contributed by atoms with Gasteiger partial charge in [0.25, 0.3) is 5.56 Å². The van der Waals surface area contributed by atoms with Crippen LogP contribution < -0.4 is 26.4 Å². The van der Waals surface area contributed by atoms with E-state index in [9.17, 15) is 14.0 Å².